The van der Waals surface area contributed by atoms with Gasteiger partial charge in [0.25, 0.3) is 0 Å². The number of primary amides is 1. The van der Waals surface area contributed by atoms with Crippen molar-refractivity contribution >= 4 is 35.1 Å². The van der Waals surface area contributed by atoms with Gasteiger partial charge in [-0.1, -0.05) is 29.3 Å². The van der Waals surface area contributed by atoms with Crippen molar-refractivity contribution in [1.82, 2.24) is 14.8 Å². The molecule has 1 aromatic carbocycles. The Kier molecular flexibility index (Phi) is 7.45. The van der Waals surface area contributed by atoms with Crippen LogP contribution < -0.4 is 5.73 Å². The SMILES string of the molecule is Cc1cc(Cl)c2c(c1)CCc1cc(Cl)cnc1C2C1CCN(C(=O)CC2CCN(C(N)=O)CC2)CC1. The molecule has 3 heterocycles. The molecule has 1 aliphatic carbocycles. The third kappa shape index (κ3) is 5.21. The number of aromatic nitrogens is 1. The van der Waals surface area contributed by atoms with Crippen molar-refractivity contribution in [1.29, 1.82) is 0 Å². The molecule has 2 fully saturated rings. The van der Waals surface area contributed by atoms with E-state index in [1.807, 2.05) is 4.90 Å². The van der Waals surface area contributed by atoms with Crippen molar-refractivity contribution in [3.63, 3.8) is 0 Å². The molecular formula is C28H34Cl2N4O2. The van der Waals surface area contributed by atoms with E-state index in [4.69, 9.17) is 33.9 Å². The lowest BCUT2D eigenvalue weighted by Crippen LogP contribution is -2.44. The van der Waals surface area contributed by atoms with Gasteiger partial charge in [-0.25, -0.2) is 4.79 Å². The third-order valence-electron chi connectivity index (χ3n) is 8.35. The lowest BCUT2D eigenvalue weighted by Gasteiger charge is -2.38. The maximum absolute atomic E-state index is 13.1. The first-order chi connectivity index (χ1) is 17.3. The number of rotatable bonds is 3. The quantitative estimate of drug-likeness (QED) is 0.583. The van der Waals surface area contributed by atoms with Crippen molar-refractivity contribution in [2.75, 3.05) is 26.2 Å². The van der Waals surface area contributed by atoms with Crippen molar-refractivity contribution in [2.24, 2.45) is 17.6 Å². The summed E-state index contributed by atoms with van der Waals surface area (Å²) in [6.45, 7) is 4.89. The molecule has 0 radical (unpaired) electrons. The van der Waals surface area contributed by atoms with Crippen LogP contribution in [-0.4, -0.2) is 52.9 Å². The number of piperidine rings is 2. The fourth-order valence-corrected chi connectivity index (χ4v) is 7.02. The average molecular weight is 530 g/mol. The fourth-order valence-electron chi connectivity index (χ4n) is 6.43. The predicted octanol–water partition coefficient (Wildman–Crippen LogP) is 5.35. The van der Waals surface area contributed by atoms with Crippen LogP contribution in [0.2, 0.25) is 10.0 Å². The first-order valence-electron chi connectivity index (χ1n) is 13.1. The summed E-state index contributed by atoms with van der Waals surface area (Å²) in [6, 6.07) is 6.03. The molecule has 3 amide bonds. The molecule has 36 heavy (non-hydrogen) atoms. The Labute approximate surface area is 223 Å². The smallest absolute Gasteiger partial charge is 0.314 e. The molecule has 5 rings (SSSR count). The molecule has 2 N–H and O–H groups in total. The molecule has 0 saturated carbocycles. The van der Waals surface area contributed by atoms with Crippen molar-refractivity contribution < 1.29 is 9.59 Å². The largest absolute Gasteiger partial charge is 0.351 e. The summed E-state index contributed by atoms with van der Waals surface area (Å²) in [7, 11) is 0. The topological polar surface area (TPSA) is 79.5 Å². The number of urea groups is 1. The second kappa shape index (κ2) is 10.6. The molecule has 1 atom stereocenters. The van der Waals surface area contributed by atoms with Gasteiger partial charge in [-0.05, 0) is 91.7 Å². The molecule has 2 saturated heterocycles. The van der Waals surface area contributed by atoms with Crippen molar-refractivity contribution in [3.8, 4) is 0 Å². The number of amides is 3. The van der Waals surface area contributed by atoms with E-state index in [0.29, 0.717) is 36.4 Å². The van der Waals surface area contributed by atoms with Crippen molar-refractivity contribution in [2.45, 2.75) is 57.8 Å². The van der Waals surface area contributed by atoms with Gasteiger partial charge in [0.05, 0.1) is 10.7 Å². The maximum atomic E-state index is 13.1. The first kappa shape index (κ1) is 25.3. The maximum Gasteiger partial charge on any atom is 0.314 e. The lowest BCUT2D eigenvalue weighted by atomic mass is 9.76. The number of pyridine rings is 1. The van der Waals surface area contributed by atoms with E-state index >= 15 is 0 Å². The summed E-state index contributed by atoms with van der Waals surface area (Å²) in [6.07, 6.45) is 7.65. The number of halogens is 2. The molecule has 2 aliphatic heterocycles. The summed E-state index contributed by atoms with van der Waals surface area (Å²) in [5, 5.41) is 1.49. The molecule has 2 aromatic rings. The number of nitrogens with zero attached hydrogens (tertiary/aromatic N) is 3. The summed E-state index contributed by atoms with van der Waals surface area (Å²) >= 11 is 13.2. The summed E-state index contributed by atoms with van der Waals surface area (Å²) in [5.41, 5.74) is 11.4. The van der Waals surface area contributed by atoms with Crippen LogP contribution in [-0.2, 0) is 17.6 Å². The minimum absolute atomic E-state index is 0.109. The highest BCUT2D eigenvalue weighted by molar-refractivity contribution is 6.31. The number of nitrogens with two attached hydrogens (primary N) is 1. The number of likely N-dealkylation sites (tertiary alicyclic amines) is 2. The second-order valence-electron chi connectivity index (χ2n) is 10.7. The van der Waals surface area contributed by atoms with Gasteiger partial charge in [0.2, 0.25) is 5.91 Å². The Balaban J connectivity index is 1.31. The molecule has 192 valence electrons. The predicted molar refractivity (Wildman–Crippen MR) is 142 cm³/mol. The molecular weight excluding hydrogens is 495 g/mol. The minimum Gasteiger partial charge on any atom is -0.351 e. The van der Waals surface area contributed by atoms with Crippen LogP contribution in [0.4, 0.5) is 4.79 Å². The number of aryl methyl sites for hydroxylation is 3. The van der Waals surface area contributed by atoms with Gasteiger partial charge in [0.15, 0.2) is 0 Å². The van der Waals surface area contributed by atoms with Crippen LogP contribution in [0.5, 0.6) is 0 Å². The molecule has 0 spiro atoms. The van der Waals surface area contributed by atoms with E-state index in [1.165, 1.54) is 22.3 Å². The van der Waals surface area contributed by atoms with E-state index in [9.17, 15) is 9.59 Å². The number of carbonyl (C=O) groups is 2. The van der Waals surface area contributed by atoms with Gasteiger partial charge in [-0.3, -0.25) is 9.78 Å². The van der Waals surface area contributed by atoms with Gasteiger partial charge >= 0.3 is 6.03 Å². The van der Waals surface area contributed by atoms with Crippen LogP contribution in [0.1, 0.15) is 66.0 Å². The van der Waals surface area contributed by atoms with Gasteiger partial charge < -0.3 is 15.5 Å². The molecule has 1 aromatic heterocycles. The Morgan fingerprint density at radius 3 is 2.33 bits per heavy atom. The Bertz CT molecular complexity index is 1150. The van der Waals surface area contributed by atoms with Gasteiger partial charge in [-0.2, -0.15) is 0 Å². The zero-order chi connectivity index (χ0) is 25.4. The fraction of sp³-hybridized carbons (Fsp3) is 0.536. The van der Waals surface area contributed by atoms with E-state index in [1.54, 1.807) is 11.1 Å². The highest BCUT2D eigenvalue weighted by Gasteiger charge is 2.36. The van der Waals surface area contributed by atoms with E-state index in [0.717, 1.165) is 62.3 Å². The van der Waals surface area contributed by atoms with E-state index in [2.05, 4.69) is 25.1 Å². The third-order valence-corrected chi connectivity index (χ3v) is 8.87. The highest BCUT2D eigenvalue weighted by Crippen LogP contribution is 2.45. The molecule has 3 aliphatic rings. The van der Waals surface area contributed by atoms with E-state index in [-0.39, 0.29) is 17.9 Å². The monoisotopic (exact) mass is 528 g/mol. The molecule has 0 bridgehead atoms. The molecule has 1 unspecified atom stereocenters. The minimum atomic E-state index is -0.365. The van der Waals surface area contributed by atoms with Crippen molar-refractivity contribution in [3.05, 3.63) is 62.4 Å². The van der Waals surface area contributed by atoms with E-state index < -0.39 is 0 Å². The zero-order valence-corrected chi connectivity index (χ0v) is 22.3. The number of hydrogen-bond donors (Lipinski definition) is 1. The average Bonchev–Trinajstić information content (AvgIpc) is 3.01. The van der Waals surface area contributed by atoms with Gasteiger partial charge in [-0.15, -0.1) is 0 Å². The zero-order valence-electron chi connectivity index (χ0n) is 20.8. The standard InChI is InChI=1S/C28H34Cl2N4O2/c1-17-12-20-2-3-21-15-22(29)16-32-27(21)26(25(20)23(30)13-17)19-6-10-33(11-7-19)24(35)14-18-4-8-34(9-5-18)28(31)36/h12-13,15-16,18-19,26H,2-11,14H2,1H3,(H2,31,36). The Hall–Kier alpha value is -2.31. The molecule has 8 heteroatoms. The number of carbonyl (C=O) groups excluding carboxylic acids is 2. The van der Waals surface area contributed by atoms with Gasteiger partial charge in [0.1, 0.15) is 0 Å². The highest BCUT2D eigenvalue weighted by atomic mass is 35.5. The van der Waals surface area contributed by atoms with Crippen LogP contribution in [0.3, 0.4) is 0 Å². The van der Waals surface area contributed by atoms with Crippen LogP contribution in [0, 0.1) is 18.8 Å². The number of fused-ring (bicyclic) bond motifs is 2. The molecule has 6 nitrogen and oxygen atoms in total. The second-order valence-corrected chi connectivity index (χ2v) is 11.5. The first-order valence-corrected chi connectivity index (χ1v) is 13.8. The van der Waals surface area contributed by atoms with Crippen LogP contribution in [0.25, 0.3) is 0 Å². The lowest BCUT2D eigenvalue weighted by molar-refractivity contribution is -0.134. The van der Waals surface area contributed by atoms with Crippen LogP contribution in [0.15, 0.2) is 24.4 Å². The number of benzene rings is 1. The number of hydrogen-bond acceptors (Lipinski definition) is 3. The van der Waals surface area contributed by atoms with Gasteiger partial charge in [0, 0.05) is 49.7 Å². The van der Waals surface area contributed by atoms with Crippen LogP contribution >= 0.6 is 23.2 Å². The normalized spacial score (nSPS) is 21.0. The summed E-state index contributed by atoms with van der Waals surface area (Å²) in [4.78, 5) is 33.0. The summed E-state index contributed by atoms with van der Waals surface area (Å²) in [5.74, 6) is 1.02. The Morgan fingerprint density at radius 2 is 1.64 bits per heavy atom. The Morgan fingerprint density at radius 1 is 0.972 bits per heavy atom. The summed E-state index contributed by atoms with van der Waals surface area (Å²) < 4.78 is 0.